The number of benzene rings is 1. The van der Waals surface area contributed by atoms with Crippen LogP contribution in [0, 0.1) is 6.92 Å². The number of hydrogen-bond acceptors (Lipinski definition) is 2. The van der Waals surface area contributed by atoms with Crippen LogP contribution in [0.15, 0.2) is 51.9 Å². The average molecular weight is 200 g/mol. The van der Waals surface area contributed by atoms with E-state index < -0.39 is 0 Å². The molecule has 1 aromatic carbocycles. The Balaban J connectivity index is 2.37. The number of hydrogen-bond donors (Lipinski definition) is 0. The Kier molecular flexibility index (Phi) is 2.68. The van der Waals surface area contributed by atoms with Crippen molar-refractivity contribution in [2.45, 2.75) is 13.3 Å². The normalized spacial score (nSPS) is 10.2. The molecule has 15 heavy (non-hydrogen) atoms. The Hall–Kier alpha value is -1.83. The second-order valence-electron chi connectivity index (χ2n) is 3.48. The quantitative estimate of drug-likeness (QED) is 0.745. The highest BCUT2D eigenvalue weighted by Crippen LogP contribution is 2.09. The molecule has 2 aromatic rings. The Morgan fingerprint density at radius 1 is 1.13 bits per heavy atom. The predicted octanol–water partition coefficient (Wildman–Crippen LogP) is 2.54. The third-order valence-electron chi connectivity index (χ3n) is 2.41. The molecule has 0 aliphatic carbocycles. The van der Waals surface area contributed by atoms with Gasteiger partial charge in [0.15, 0.2) is 5.43 Å². The summed E-state index contributed by atoms with van der Waals surface area (Å²) in [6.45, 7) is 1.82. The molecular weight excluding hydrogens is 188 g/mol. The lowest BCUT2D eigenvalue weighted by Crippen LogP contribution is -2.09. The van der Waals surface area contributed by atoms with E-state index in [-0.39, 0.29) is 5.43 Å². The molecular formula is C13H12O2. The van der Waals surface area contributed by atoms with E-state index in [2.05, 4.69) is 0 Å². The van der Waals surface area contributed by atoms with Crippen LogP contribution >= 0.6 is 0 Å². The summed E-state index contributed by atoms with van der Waals surface area (Å²) in [5.74, 6) is 0.700. The maximum atomic E-state index is 11.6. The lowest BCUT2D eigenvalue weighted by Gasteiger charge is -2.02. The molecule has 0 saturated carbocycles. The van der Waals surface area contributed by atoms with Crippen molar-refractivity contribution in [1.29, 1.82) is 0 Å². The topological polar surface area (TPSA) is 30.2 Å². The van der Waals surface area contributed by atoms with E-state index in [1.165, 1.54) is 12.3 Å². The fraction of sp³-hybridized carbons (Fsp3) is 0.154. The summed E-state index contributed by atoms with van der Waals surface area (Å²) in [5, 5.41) is 0. The van der Waals surface area contributed by atoms with Crippen LogP contribution in [0.2, 0.25) is 0 Å². The van der Waals surface area contributed by atoms with Crippen molar-refractivity contribution in [2.24, 2.45) is 0 Å². The summed E-state index contributed by atoms with van der Waals surface area (Å²) >= 11 is 0. The molecule has 2 rings (SSSR count). The first-order chi connectivity index (χ1) is 7.27. The first-order valence-electron chi connectivity index (χ1n) is 4.88. The van der Waals surface area contributed by atoms with Crippen LogP contribution in [-0.2, 0) is 6.42 Å². The van der Waals surface area contributed by atoms with Crippen LogP contribution in [0.5, 0.6) is 0 Å². The van der Waals surface area contributed by atoms with Gasteiger partial charge in [-0.2, -0.15) is 0 Å². The zero-order valence-corrected chi connectivity index (χ0v) is 8.57. The molecule has 0 amide bonds. The van der Waals surface area contributed by atoms with Crippen LogP contribution in [-0.4, -0.2) is 0 Å². The zero-order valence-electron chi connectivity index (χ0n) is 8.57. The summed E-state index contributed by atoms with van der Waals surface area (Å²) in [7, 11) is 0. The standard InChI is InChI=1S/C13H12O2/c1-10-12(13(14)7-8-15-10)9-11-5-3-2-4-6-11/h2-8H,9H2,1H3. The monoisotopic (exact) mass is 200 g/mol. The molecule has 76 valence electrons. The van der Waals surface area contributed by atoms with E-state index in [0.717, 1.165) is 11.1 Å². The Bertz CT molecular complexity index is 497. The van der Waals surface area contributed by atoms with Crippen molar-refractivity contribution in [3.8, 4) is 0 Å². The molecule has 0 spiro atoms. The fourth-order valence-corrected chi connectivity index (χ4v) is 1.55. The van der Waals surface area contributed by atoms with E-state index >= 15 is 0 Å². The van der Waals surface area contributed by atoms with Crippen LogP contribution in [0.1, 0.15) is 16.9 Å². The summed E-state index contributed by atoms with van der Waals surface area (Å²) in [4.78, 5) is 11.6. The molecule has 0 bridgehead atoms. The summed E-state index contributed by atoms with van der Waals surface area (Å²) in [6.07, 6.45) is 2.07. The second kappa shape index (κ2) is 4.13. The molecule has 1 aromatic heterocycles. The van der Waals surface area contributed by atoms with Gasteiger partial charge in [-0.3, -0.25) is 4.79 Å². The van der Waals surface area contributed by atoms with Gasteiger partial charge in [0.25, 0.3) is 0 Å². The van der Waals surface area contributed by atoms with Gasteiger partial charge in [0.05, 0.1) is 6.26 Å². The van der Waals surface area contributed by atoms with Crippen molar-refractivity contribution >= 4 is 0 Å². The van der Waals surface area contributed by atoms with Crippen LogP contribution in [0.4, 0.5) is 0 Å². The van der Waals surface area contributed by atoms with Gasteiger partial charge in [0.2, 0.25) is 0 Å². The largest absolute Gasteiger partial charge is 0.469 e. The van der Waals surface area contributed by atoms with Crippen molar-refractivity contribution in [1.82, 2.24) is 0 Å². The van der Waals surface area contributed by atoms with Gasteiger partial charge in [-0.15, -0.1) is 0 Å². The molecule has 1 heterocycles. The molecule has 2 nitrogen and oxygen atoms in total. The highest BCUT2D eigenvalue weighted by molar-refractivity contribution is 5.26. The molecule has 2 heteroatoms. The summed E-state index contributed by atoms with van der Waals surface area (Å²) in [6, 6.07) is 11.4. The number of rotatable bonds is 2. The third kappa shape index (κ3) is 2.15. The van der Waals surface area contributed by atoms with Crippen LogP contribution in [0.25, 0.3) is 0 Å². The second-order valence-corrected chi connectivity index (χ2v) is 3.48. The van der Waals surface area contributed by atoms with Gasteiger partial charge < -0.3 is 4.42 Å². The van der Waals surface area contributed by atoms with E-state index in [9.17, 15) is 4.79 Å². The van der Waals surface area contributed by atoms with E-state index in [4.69, 9.17) is 4.42 Å². The molecule has 0 radical (unpaired) electrons. The molecule has 0 aliphatic rings. The SMILES string of the molecule is Cc1occc(=O)c1Cc1ccccc1. The van der Waals surface area contributed by atoms with Gasteiger partial charge in [-0.1, -0.05) is 30.3 Å². The lowest BCUT2D eigenvalue weighted by atomic mass is 10.0. The molecule has 0 fully saturated rings. The molecule has 0 N–H and O–H groups in total. The highest BCUT2D eigenvalue weighted by Gasteiger charge is 2.05. The molecule has 0 unspecified atom stereocenters. The van der Waals surface area contributed by atoms with Crippen molar-refractivity contribution in [2.75, 3.05) is 0 Å². The van der Waals surface area contributed by atoms with E-state index in [0.29, 0.717) is 12.2 Å². The zero-order chi connectivity index (χ0) is 10.7. The van der Waals surface area contributed by atoms with Crippen LogP contribution in [0.3, 0.4) is 0 Å². The molecule has 0 saturated heterocycles. The van der Waals surface area contributed by atoms with E-state index in [1.807, 2.05) is 37.3 Å². The first-order valence-corrected chi connectivity index (χ1v) is 4.88. The minimum Gasteiger partial charge on any atom is -0.469 e. The minimum absolute atomic E-state index is 0.0441. The van der Waals surface area contributed by atoms with Gasteiger partial charge in [0, 0.05) is 18.1 Å². The number of aryl methyl sites for hydroxylation is 1. The maximum absolute atomic E-state index is 11.6. The Labute approximate surface area is 88.2 Å². The van der Waals surface area contributed by atoms with Crippen molar-refractivity contribution in [3.05, 3.63) is 69.8 Å². The molecule has 0 atom stereocenters. The minimum atomic E-state index is 0.0441. The summed E-state index contributed by atoms with van der Waals surface area (Å²) < 4.78 is 5.21. The molecule has 0 aliphatic heterocycles. The first kappa shape index (κ1) is 9.71. The Morgan fingerprint density at radius 3 is 2.53 bits per heavy atom. The Morgan fingerprint density at radius 2 is 1.87 bits per heavy atom. The third-order valence-corrected chi connectivity index (χ3v) is 2.41. The van der Waals surface area contributed by atoms with Crippen molar-refractivity contribution in [3.63, 3.8) is 0 Å². The van der Waals surface area contributed by atoms with Gasteiger partial charge in [-0.25, -0.2) is 0 Å². The lowest BCUT2D eigenvalue weighted by molar-refractivity contribution is 0.507. The smallest absolute Gasteiger partial charge is 0.188 e. The van der Waals surface area contributed by atoms with Crippen molar-refractivity contribution < 1.29 is 4.42 Å². The average Bonchev–Trinajstić information content (AvgIpc) is 2.25. The van der Waals surface area contributed by atoms with E-state index in [1.54, 1.807) is 0 Å². The van der Waals surface area contributed by atoms with Crippen LogP contribution < -0.4 is 5.43 Å². The van der Waals surface area contributed by atoms with Gasteiger partial charge in [-0.05, 0) is 12.5 Å². The fourth-order valence-electron chi connectivity index (χ4n) is 1.55. The highest BCUT2D eigenvalue weighted by atomic mass is 16.3. The van der Waals surface area contributed by atoms with Gasteiger partial charge in [0.1, 0.15) is 5.76 Å². The maximum Gasteiger partial charge on any atom is 0.188 e. The van der Waals surface area contributed by atoms with Gasteiger partial charge >= 0.3 is 0 Å². The predicted molar refractivity (Wildman–Crippen MR) is 59.0 cm³/mol. The summed E-state index contributed by atoms with van der Waals surface area (Å²) in [5.41, 5.74) is 1.91.